The summed E-state index contributed by atoms with van der Waals surface area (Å²) in [4.78, 5) is 13.9. The molecule has 0 unspecified atom stereocenters. The van der Waals surface area contributed by atoms with Crippen LogP contribution in [0.1, 0.15) is 52.4 Å². The summed E-state index contributed by atoms with van der Waals surface area (Å²) in [5, 5.41) is 0. The molecule has 3 rings (SSSR count). The fourth-order valence-corrected chi connectivity index (χ4v) is 3.96. The standard InChI is InChI=1S/C17H29NO3/c1-13(2)16(19)18-11-17(12-18)9-15(7-8-21-17)20-10-14-5-3-4-6-14/h13-15H,3-12H2,1-2H3/t15-/m1/s1. The van der Waals surface area contributed by atoms with Crippen LogP contribution in [0.25, 0.3) is 0 Å². The summed E-state index contributed by atoms with van der Waals surface area (Å²) in [6, 6.07) is 0. The van der Waals surface area contributed by atoms with Crippen LogP contribution in [0.4, 0.5) is 0 Å². The molecule has 3 aliphatic rings. The van der Waals surface area contributed by atoms with Gasteiger partial charge in [0.05, 0.1) is 19.2 Å². The van der Waals surface area contributed by atoms with E-state index in [4.69, 9.17) is 9.47 Å². The van der Waals surface area contributed by atoms with Crippen LogP contribution in [0, 0.1) is 11.8 Å². The molecule has 1 spiro atoms. The lowest BCUT2D eigenvalue weighted by atomic mass is 9.84. The molecule has 0 bridgehead atoms. The summed E-state index contributed by atoms with van der Waals surface area (Å²) in [7, 11) is 0. The molecule has 1 saturated carbocycles. The fourth-order valence-electron chi connectivity index (χ4n) is 3.96. The van der Waals surface area contributed by atoms with Crippen molar-refractivity contribution in [1.82, 2.24) is 4.90 Å². The molecular weight excluding hydrogens is 266 g/mol. The summed E-state index contributed by atoms with van der Waals surface area (Å²) in [5.41, 5.74) is -0.108. The molecule has 2 saturated heterocycles. The predicted molar refractivity (Wildman–Crippen MR) is 81.0 cm³/mol. The SMILES string of the molecule is CC(C)C(=O)N1CC2(C[C@H](OCC3CCCC3)CCO2)C1. The molecule has 21 heavy (non-hydrogen) atoms. The average Bonchev–Trinajstić information content (AvgIpc) is 2.95. The number of carbonyl (C=O) groups is 1. The third-order valence-corrected chi connectivity index (χ3v) is 5.25. The van der Waals surface area contributed by atoms with Crippen LogP contribution in [-0.2, 0) is 14.3 Å². The van der Waals surface area contributed by atoms with Crippen molar-refractivity contribution in [2.24, 2.45) is 11.8 Å². The lowest BCUT2D eigenvalue weighted by Gasteiger charge is -2.53. The molecule has 0 aromatic carbocycles. The normalized spacial score (nSPS) is 29.1. The second-order valence-electron chi connectivity index (χ2n) is 7.48. The highest BCUT2D eigenvalue weighted by atomic mass is 16.5. The van der Waals surface area contributed by atoms with Crippen molar-refractivity contribution >= 4 is 5.91 Å². The van der Waals surface area contributed by atoms with Gasteiger partial charge in [-0.25, -0.2) is 0 Å². The minimum absolute atomic E-state index is 0.0837. The van der Waals surface area contributed by atoms with Gasteiger partial charge in [0, 0.05) is 25.6 Å². The first-order valence-corrected chi connectivity index (χ1v) is 8.62. The minimum atomic E-state index is -0.108. The smallest absolute Gasteiger partial charge is 0.225 e. The van der Waals surface area contributed by atoms with Crippen molar-refractivity contribution in [3.8, 4) is 0 Å². The predicted octanol–water partition coefficient (Wildman–Crippen LogP) is 2.61. The van der Waals surface area contributed by atoms with Gasteiger partial charge < -0.3 is 14.4 Å². The molecule has 1 aliphatic carbocycles. The van der Waals surface area contributed by atoms with Gasteiger partial charge in [-0.05, 0) is 25.2 Å². The first-order valence-electron chi connectivity index (χ1n) is 8.62. The second kappa shape index (κ2) is 6.25. The molecule has 0 aromatic rings. The third-order valence-electron chi connectivity index (χ3n) is 5.25. The van der Waals surface area contributed by atoms with Crippen molar-refractivity contribution in [2.45, 2.75) is 64.1 Å². The van der Waals surface area contributed by atoms with Crippen LogP contribution in [0.15, 0.2) is 0 Å². The molecular formula is C17H29NO3. The minimum Gasteiger partial charge on any atom is -0.378 e. The van der Waals surface area contributed by atoms with Gasteiger partial charge in [-0.3, -0.25) is 4.79 Å². The van der Waals surface area contributed by atoms with E-state index in [-0.39, 0.29) is 17.4 Å². The Labute approximate surface area is 128 Å². The van der Waals surface area contributed by atoms with Crippen molar-refractivity contribution in [3.05, 3.63) is 0 Å². The van der Waals surface area contributed by atoms with E-state index in [9.17, 15) is 4.79 Å². The quantitative estimate of drug-likeness (QED) is 0.800. The van der Waals surface area contributed by atoms with Crippen LogP contribution in [0.2, 0.25) is 0 Å². The molecule has 3 fully saturated rings. The van der Waals surface area contributed by atoms with Gasteiger partial charge in [0.15, 0.2) is 0 Å². The van der Waals surface area contributed by atoms with Crippen LogP contribution < -0.4 is 0 Å². The highest BCUT2D eigenvalue weighted by Crippen LogP contribution is 2.36. The van der Waals surface area contributed by atoms with Gasteiger partial charge >= 0.3 is 0 Å². The molecule has 2 aliphatic heterocycles. The molecule has 1 amide bonds. The Morgan fingerprint density at radius 3 is 2.67 bits per heavy atom. The van der Waals surface area contributed by atoms with Crippen LogP contribution in [0.5, 0.6) is 0 Å². The molecule has 4 heteroatoms. The Kier molecular flexibility index (Phi) is 4.55. The molecule has 4 nitrogen and oxygen atoms in total. The van der Waals surface area contributed by atoms with Gasteiger partial charge in [0.1, 0.15) is 5.60 Å². The summed E-state index contributed by atoms with van der Waals surface area (Å²) >= 11 is 0. The second-order valence-corrected chi connectivity index (χ2v) is 7.48. The Balaban J connectivity index is 1.44. The zero-order valence-electron chi connectivity index (χ0n) is 13.5. The molecule has 0 N–H and O–H groups in total. The van der Waals surface area contributed by atoms with Gasteiger partial charge in [0.2, 0.25) is 5.91 Å². The van der Waals surface area contributed by atoms with Gasteiger partial charge in [-0.1, -0.05) is 26.7 Å². The van der Waals surface area contributed by atoms with Gasteiger partial charge in [-0.15, -0.1) is 0 Å². The van der Waals surface area contributed by atoms with Crippen LogP contribution in [-0.4, -0.2) is 48.8 Å². The molecule has 120 valence electrons. The van der Waals surface area contributed by atoms with Crippen LogP contribution >= 0.6 is 0 Å². The number of likely N-dealkylation sites (tertiary alicyclic amines) is 1. The van der Waals surface area contributed by atoms with E-state index >= 15 is 0 Å². The Morgan fingerprint density at radius 2 is 2.00 bits per heavy atom. The summed E-state index contributed by atoms with van der Waals surface area (Å²) in [6.07, 6.45) is 7.72. The van der Waals surface area contributed by atoms with Crippen LogP contribution in [0.3, 0.4) is 0 Å². The lowest BCUT2D eigenvalue weighted by Crippen LogP contribution is -2.67. The van der Waals surface area contributed by atoms with Crippen molar-refractivity contribution in [2.75, 3.05) is 26.3 Å². The highest BCUT2D eigenvalue weighted by molar-refractivity contribution is 5.79. The highest BCUT2D eigenvalue weighted by Gasteiger charge is 2.49. The maximum absolute atomic E-state index is 12.0. The van der Waals surface area contributed by atoms with E-state index in [2.05, 4.69) is 0 Å². The zero-order chi connectivity index (χ0) is 14.9. The molecule has 2 heterocycles. The summed E-state index contributed by atoms with van der Waals surface area (Å²) < 4.78 is 12.1. The van der Waals surface area contributed by atoms with Crippen molar-refractivity contribution in [1.29, 1.82) is 0 Å². The summed E-state index contributed by atoms with van der Waals surface area (Å²) in [6.45, 7) is 7.14. The Bertz CT molecular complexity index is 370. The number of rotatable bonds is 4. The fraction of sp³-hybridized carbons (Fsp3) is 0.941. The van der Waals surface area contributed by atoms with Crippen molar-refractivity contribution in [3.63, 3.8) is 0 Å². The average molecular weight is 295 g/mol. The van der Waals surface area contributed by atoms with E-state index in [0.717, 1.165) is 45.1 Å². The first-order chi connectivity index (χ1) is 10.1. The monoisotopic (exact) mass is 295 g/mol. The Hall–Kier alpha value is -0.610. The molecule has 0 radical (unpaired) electrons. The van der Waals surface area contributed by atoms with E-state index < -0.39 is 0 Å². The number of nitrogens with zero attached hydrogens (tertiary/aromatic N) is 1. The Morgan fingerprint density at radius 1 is 1.29 bits per heavy atom. The number of carbonyl (C=O) groups excluding carboxylic acids is 1. The summed E-state index contributed by atoms with van der Waals surface area (Å²) in [5.74, 6) is 1.11. The molecule has 0 aromatic heterocycles. The van der Waals surface area contributed by atoms with E-state index in [1.807, 2.05) is 18.7 Å². The zero-order valence-corrected chi connectivity index (χ0v) is 13.5. The topological polar surface area (TPSA) is 38.8 Å². The van der Waals surface area contributed by atoms with E-state index in [1.54, 1.807) is 0 Å². The van der Waals surface area contributed by atoms with Crippen molar-refractivity contribution < 1.29 is 14.3 Å². The number of hydrogen-bond donors (Lipinski definition) is 0. The maximum Gasteiger partial charge on any atom is 0.225 e. The number of amides is 1. The number of ether oxygens (including phenoxy) is 2. The van der Waals surface area contributed by atoms with Gasteiger partial charge in [-0.2, -0.15) is 0 Å². The maximum atomic E-state index is 12.0. The third kappa shape index (κ3) is 3.42. The van der Waals surface area contributed by atoms with E-state index in [1.165, 1.54) is 25.7 Å². The first kappa shape index (κ1) is 15.3. The molecule has 1 atom stereocenters. The van der Waals surface area contributed by atoms with E-state index in [0.29, 0.717) is 6.10 Å². The van der Waals surface area contributed by atoms with Gasteiger partial charge in [0.25, 0.3) is 0 Å². The largest absolute Gasteiger partial charge is 0.378 e. The number of hydrogen-bond acceptors (Lipinski definition) is 3. The lowest BCUT2D eigenvalue weighted by molar-refractivity contribution is -0.203.